The summed E-state index contributed by atoms with van der Waals surface area (Å²) >= 11 is 1.54. The molecule has 0 N–H and O–H groups in total. The average molecular weight is 298 g/mol. The number of hydrazone groups is 1. The Morgan fingerprint density at radius 2 is 1.81 bits per heavy atom. The van der Waals surface area contributed by atoms with Gasteiger partial charge in [-0.05, 0) is 41.5 Å². The van der Waals surface area contributed by atoms with Crippen molar-refractivity contribution in [2.45, 2.75) is 6.42 Å². The molecule has 4 nitrogen and oxygen atoms in total. The second kappa shape index (κ2) is 3.91. The smallest absolute Gasteiger partial charge is 0.254 e. The number of carbonyl (C=O) groups is 2. The highest BCUT2D eigenvalue weighted by molar-refractivity contribution is 7.11. The average Bonchev–Trinajstić information content (AvgIpc) is 3.10. The number of amides is 2. The van der Waals surface area contributed by atoms with Crippen LogP contribution >= 0.6 is 11.3 Å². The highest BCUT2D eigenvalue weighted by atomic mass is 32.1. The van der Waals surface area contributed by atoms with E-state index in [0.29, 0.717) is 11.8 Å². The van der Waals surface area contributed by atoms with Crippen molar-refractivity contribution in [1.82, 2.24) is 5.01 Å². The zero-order chi connectivity index (χ0) is 14.1. The van der Waals surface area contributed by atoms with E-state index in [9.17, 15) is 9.59 Å². The van der Waals surface area contributed by atoms with Crippen molar-refractivity contribution in [3.63, 3.8) is 0 Å². The summed E-state index contributed by atoms with van der Waals surface area (Å²) in [5, 5.41) is 7.26. The Labute approximate surface area is 126 Å². The van der Waals surface area contributed by atoms with Crippen molar-refractivity contribution in [3.05, 3.63) is 34.5 Å². The fourth-order valence-electron chi connectivity index (χ4n) is 4.53. The van der Waals surface area contributed by atoms with Gasteiger partial charge in [-0.2, -0.15) is 10.1 Å². The predicted octanol–water partition coefficient (Wildman–Crippen LogP) is 2.14. The summed E-state index contributed by atoms with van der Waals surface area (Å²) in [7, 11) is 0. The van der Waals surface area contributed by atoms with Crippen LogP contribution in [0.15, 0.2) is 34.8 Å². The Balaban J connectivity index is 1.48. The van der Waals surface area contributed by atoms with Gasteiger partial charge in [-0.1, -0.05) is 18.2 Å². The van der Waals surface area contributed by atoms with Crippen molar-refractivity contribution in [3.8, 4) is 0 Å². The van der Waals surface area contributed by atoms with E-state index in [-0.39, 0.29) is 35.5 Å². The number of thiophene rings is 1. The van der Waals surface area contributed by atoms with Gasteiger partial charge in [0.2, 0.25) is 0 Å². The molecule has 4 aliphatic carbocycles. The third kappa shape index (κ3) is 1.47. The van der Waals surface area contributed by atoms with Crippen molar-refractivity contribution < 1.29 is 9.59 Å². The molecule has 2 amide bonds. The lowest BCUT2D eigenvalue weighted by Gasteiger charge is -2.37. The molecule has 1 saturated heterocycles. The van der Waals surface area contributed by atoms with E-state index in [1.807, 2.05) is 17.5 Å². The molecule has 1 aliphatic heterocycles. The van der Waals surface area contributed by atoms with Crippen molar-refractivity contribution in [1.29, 1.82) is 0 Å². The van der Waals surface area contributed by atoms with E-state index in [1.165, 1.54) is 6.42 Å². The molecule has 21 heavy (non-hydrogen) atoms. The monoisotopic (exact) mass is 298 g/mol. The first-order chi connectivity index (χ1) is 10.3. The molecule has 6 atom stereocenters. The van der Waals surface area contributed by atoms with Gasteiger partial charge < -0.3 is 0 Å². The molecule has 3 fully saturated rings. The highest BCUT2D eigenvalue weighted by Crippen LogP contribution is 2.65. The van der Waals surface area contributed by atoms with E-state index >= 15 is 0 Å². The Hall–Kier alpha value is -1.75. The molecule has 0 radical (unpaired) electrons. The molecule has 5 heteroatoms. The van der Waals surface area contributed by atoms with E-state index in [0.717, 1.165) is 9.89 Å². The predicted molar refractivity (Wildman–Crippen MR) is 78.5 cm³/mol. The van der Waals surface area contributed by atoms with Crippen molar-refractivity contribution >= 4 is 29.4 Å². The van der Waals surface area contributed by atoms with Crippen molar-refractivity contribution in [2.75, 3.05) is 0 Å². The van der Waals surface area contributed by atoms with Crippen LogP contribution in [0.25, 0.3) is 0 Å². The Bertz CT molecular complexity index is 657. The molecular weight excluding hydrogens is 284 g/mol. The van der Waals surface area contributed by atoms with Crippen molar-refractivity contribution in [2.24, 2.45) is 40.6 Å². The number of hydrogen-bond donors (Lipinski definition) is 0. The Morgan fingerprint density at radius 1 is 1.14 bits per heavy atom. The normalized spacial score (nSPS) is 42.8. The molecule has 2 heterocycles. The number of imide groups is 1. The van der Waals surface area contributed by atoms with E-state index in [1.54, 1.807) is 17.6 Å². The van der Waals surface area contributed by atoms with Crippen LogP contribution in [0.2, 0.25) is 0 Å². The second-order valence-corrected chi connectivity index (χ2v) is 7.38. The summed E-state index contributed by atoms with van der Waals surface area (Å²) in [6, 6.07) is 3.85. The summed E-state index contributed by atoms with van der Waals surface area (Å²) in [4.78, 5) is 26.2. The third-order valence-corrected chi connectivity index (χ3v) is 6.29. The lowest BCUT2D eigenvalue weighted by Crippen LogP contribution is -2.40. The highest BCUT2D eigenvalue weighted by Gasteiger charge is 2.67. The fourth-order valence-corrected chi connectivity index (χ4v) is 5.11. The molecule has 106 valence electrons. The van der Waals surface area contributed by atoms with Gasteiger partial charge in [0.25, 0.3) is 11.8 Å². The van der Waals surface area contributed by atoms with Gasteiger partial charge in [-0.3, -0.25) is 9.59 Å². The van der Waals surface area contributed by atoms with Gasteiger partial charge in [-0.15, -0.1) is 11.3 Å². The SMILES string of the molecule is O=C1[C@H]2[C@@H]3C=C[C@@H]([C@H]4C[C@H]34)[C@@H]2C(=O)N1/N=C\c1cccs1. The van der Waals surface area contributed by atoms with Crippen LogP contribution in [0, 0.1) is 35.5 Å². The van der Waals surface area contributed by atoms with Gasteiger partial charge in [-0.25, -0.2) is 0 Å². The van der Waals surface area contributed by atoms with Gasteiger partial charge in [0.05, 0.1) is 18.1 Å². The first kappa shape index (κ1) is 11.9. The maximum atomic E-state index is 12.6. The minimum absolute atomic E-state index is 0.0949. The molecule has 2 bridgehead atoms. The summed E-state index contributed by atoms with van der Waals surface area (Å²) in [5.41, 5.74) is 0. The second-order valence-electron chi connectivity index (χ2n) is 6.40. The number of allylic oxidation sites excluding steroid dienone is 2. The largest absolute Gasteiger partial charge is 0.272 e. The van der Waals surface area contributed by atoms with Gasteiger partial charge in [0.1, 0.15) is 0 Å². The van der Waals surface area contributed by atoms with Gasteiger partial charge in [0.15, 0.2) is 0 Å². The zero-order valence-electron chi connectivity index (χ0n) is 11.3. The topological polar surface area (TPSA) is 49.7 Å². The molecule has 2 saturated carbocycles. The third-order valence-electron chi connectivity index (χ3n) is 5.48. The maximum Gasteiger partial charge on any atom is 0.254 e. The maximum absolute atomic E-state index is 12.6. The van der Waals surface area contributed by atoms with Crippen LogP contribution in [-0.2, 0) is 9.59 Å². The van der Waals surface area contributed by atoms with Crippen LogP contribution in [-0.4, -0.2) is 23.0 Å². The standard InChI is InChI=1S/C16H14N2O2S/c19-15-13-9-3-4-10(12-6-11(9)12)14(13)16(20)18(15)17-7-8-2-1-5-21-8/h1-5,7,9-14H,6H2/b17-7-/t9-,10+,11-,12-,13+,14+/m1/s1. The molecule has 6 rings (SSSR count). The minimum atomic E-state index is -0.156. The summed E-state index contributed by atoms with van der Waals surface area (Å²) in [6.45, 7) is 0. The molecule has 0 aromatic carbocycles. The van der Waals surface area contributed by atoms with E-state index in [4.69, 9.17) is 0 Å². The van der Waals surface area contributed by atoms with Gasteiger partial charge >= 0.3 is 0 Å². The first-order valence-electron chi connectivity index (χ1n) is 7.39. The van der Waals surface area contributed by atoms with Crippen LogP contribution in [0.3, 0.4) is 0 Å². The Morgan fingerprint density at radius 3 is 2.38 bits per heavy atom. The fraction of sp³-hybridized carbons (Fsp3) is 0.438. The summed E-state index contributed by atoms with van der Waals surface area (Å²) in [5.74, 6) is 1.31. The molecule has 0 unspecified atom stereocenters. The Kier molecular flexibility index (Phi) is 2.21. The van der Waals surface area contributed by atoms with Crippen LogP contribution in [0.4, 0.5) is 0 Å². The number of carbonyl (C=O) groups excluding carboxylic acids is 2. The van der Waals surface area contributed by atoms with E-state index in [2.05, 4.69) is 17.3 Å². The molecule has 1 aromatic rings. The lowest BCUT2D eigenvalue weighted by molar-refractivity contribution is -0.140. The quantitative estimate of drug-likeness (QED) is 0.477. The lowest BCUT2D eigenvalue weighted by atomic mass is 9.63. The van der Waals surface area contributed by atoms with Crippen LogP contribution < -0.4 is 0 Å². The molecule has 5 aliphatic rings. The molecular formula is C16H14N2O2S. The van der Waals surface area contributed by atoms with E-state index < -0.39 is 0 Å². The number of rotatable bonds is 2. The zero-order valence-corrected chi connectivity index (χ0v) is 12.1. The number of hydrogen-bond acceptors (Lipinski definition) is 4. The summed E-state index contributed by atoms with van der Waals surface area (Å²) < 4.78 is 0. The van der Waals surface area contributed by atoms with Gasteiger partial charge in [0, 0.05) is 4.88 Å². The molecule has 0 spiro atoms. The van der Waals surface area contributed by atoms with Crippen LogP contribution in [0.5, 0.6) is 0 Å². The molecule has 1 aromatic heterocycles. The number of nitrogens with zero attached hydrogens (tertiary/aromatic N) is 2. The van der Waals surface area contributed by atoms with Crippen LogP contribution in [0.1, 0.15) is 11.3 Å². The first-order valence-corrected chi connectivity index (χ1v) is 8.27. The summed E-state index contributed by atoms with van der Waals surface area (Å²) in [6.07, 6.45) is 7.16. The minimum Gasteiger partial charge on any atom is -0.272 e.